The average Bonchev–Trinajstić information content (AvgIpc) is 2.72. The van der Waals surface area contributed by atoms with E-state index in [1.807, 2.05) is 13.0 Å². The number of anilines is 2. The highest BCUT2D eigenvalue weighted by Gasteiger charge is 2.40. The van der Waals surface area contributed by atoms with Gasteiger partial charge >= 0.3 is 0 Å². The molecule has 1 amide bonds. The Labute approximate surface area is 100 Å². The normalized spacial score (nSPS) is 23.8. The molecule has 1 aliphatic rings. The average molecular weight is 235 g/mol. The second-order valence-electron chi connectivity index (χ2n) is 4.58. The van der Waals surface area contributed by atoms with E-state index in [1.54, 1.807) is 13.2 Å². The van der Waals surface area contributed by atoms with Gasteiger partial charge in [-0.3, -0.25) is 4.79 Å². The highest BCUT2D eigenvalue weighted by Crippen LogP contribution is 2.32. The second-order valence-corrected chi connectivity index (χ2v) is 4.58. The van der Waals surface area contributed by atoms with Gasteiger partial charge in [-0.25, -0.2) is 4.98 Å². The molecule has 1 aromatic heterocycles. The summed E-state index contributed by atoms with van der Waals surface area (Å²) in [6.07, 6.45) is 2.45. The maximum atomic E-state index is 11.8. The lowest BCUT2D eigenvalue weighted by Gasteiger charge is -2.23. The van der Waals surface area contributed by atoms with Crippen molar-refractivity contribution in [1.29, 1.82) is 0 Å². The second kappa shape index (κ2) is 4.20. The molecule has 0 aromatic carbocycles. The summed E-state index contributed by atoms with van der Waals surface area (Å²) in [5.41, 5.74) is 5.20. The number of amides is 1. The Bertz CT molecular complexity index is 436. The summed E-state index contributed by atoms with van der Waals surface area (Å²) in [6.45, 7) is 3.43. The van der Waals surface area contributed by atoms with E-state index in [9.17, 15) is 4.79 Å². The predicted molar refractivity (Wildman–Crippen MR) is 65.4 cm³/mol. The minimum absolute atomic E-state index is 0.0713. The van der Waals surface area contributed by atoms with E-state index >= 15 is 0 Å². The van der Waals surface area contributed by atoms with E-state index in [-0.39, 0.29) is 17.3 Å². The minimum Gasteiger partial charge on any atom is -0.368 e. The fraction of sp³-hybridized carbons (Fsp3) is 0.545. The highest BCUT2D eigenvalue weighted by molar-refractivity contribution is 5.83. The zero-order valence-corrected chi connectivity index (χ0v) is 10.1. The van der Waals surface area contributed by atoms with Gasteiger partial charge in [-0.15, -0.1) is 0 Å². The first kappa shape index (κ1) is 11.6. The summed E-state index contributed by atoms with van der Waals surface area (Å²) in [7, 11) is 1.67. The molecule has 2 heterocycles. The quantitative estimate of drug-likeness (QED) is 0.755. The van der Waals surface area contributed by atoms with Crippen LogP contribution in [-0.4, -0.2) is 36.0 Å². The van der Waals surface area contributed by atoms with Crippen LogP contribution in [0, 0.1) is 5.41 Å². The molecule has 1 saturated heterocycles. The Morgan fingerprint density at radius 1 is 1.65 bits per heavy atom. The molecule has 92 valence electrons. The third kappa shape index (κ3) is 2.15. The first-order chi connectivity index (χ1) is 8.05. The first-order valence-corrected chi connectivity index (χ1v) is 5.61. The Morgan fingerprint density at radius 3 is 3.06 bits per heavy atom. The number of hydrogen-bond acceptors (Lipinski definition) is 5. The lowest BCUT2D eigenvalue weighted by atomic mass is 9.89. The number of nitrogen functional groups attached to an aromatic ring is 1. The Hall–Kier alpha value is -1.85. The van der Waals surface area contributed by atoms with Gasteiger partial charge in [0.25, 0.3) is 0 Å². The number of rotatable bonds is 2. The molecule has 0 aliphatic carbocycles. The Balaban J connectivity index is 2.15. The predicted octanol–water partition coefficient (Wildman–Crippen LogP) is 0.0212. The van der Waals surface area contributed by atoms with Crippen molar-refractivity contribution in [3.63, 3.8) is 0 Å². The molecule has 6 heteroatoms. The molecule has 1 aromatic rings. The molecule has 17 heavy (non-hydrogen) atoms. The number of carbonyl (C=O) groups excluding carboxylic acids is 1. The SMILES string of the molecule is CNC(=O)C1(C)CCN(c2ccnc(N)n2)C1. The fourth-order valence-corrected chi connectivity index (χ4v) is 2.18. The molecule has 1 atom stereocenters. The fourth-order valence-electron chi connectivity index (χ4n) is 2.18. The van der Waals surface area contributed by atoms with Crippen LogP contribution in [-0.2, 0) is 4.79 Å². The van der Waals surface area contributed by atoms with Gasteiger partial charge in [0.2, 0.25) is 11.9 Å². The van der Waals surface area contributed by atoms with Crippen LogP contribution < -0.4 is 16.0 Å². The third-order valence-electron chi connectivity index (χ3n) is 3.23. The number of carbonyl (C=O) groups is 1. The van der Waals surface area contributed by atoms with E-state index in [1.165, 1.54) is 0 Å². The van der Waals surface area contributed by atoms with Gasteiger partial charge in [-0.1, -0.05) is 0 Å². The van der Waals surface area contributed by atoms with E-state index in [0.717, 1.165) is 18.8 Å². The molecular weight excluding hydrogens is 218 g/mol. The van der Waals surface area contributed by atoms with Crippen molar-refractivity contribution in [2.75, 3.05) is 30.8 Å². The summed E-state index contributed by atoms with van der Waals surface area (Å²) in [6, 6.07) is 1.81. The molecule has 2 rings (SSSR count). The molecule has 1 unspecified atom stereocenters. The molecule has 0 saturated carbocycles. The van der Waals surface area contributed by atoms with E-state index in [2.05, 4.69) is 20.2 Å². The minimum atomic E-state index is -0.353. The van der Waals surface area contributed by atoms with E-state index in [0.29, 0.717) is 6.54 Å². The lowest BCUT2D eigenvalue weighted by Crippen LogP contribution is -2.39. The molecule has 3 N–H and O–H groups in total. The Kier molecular flexibility index (Phi) is 2.87. The topological polar surface area (TPSA) is 84.1 Å². The monoisotopic (exact) mass is 235 g/mol. The summed E-state index contributed by atoms with van der Waals surface area (Å²) < 4.78 is 0. The highest BCUT2D eigenvalue weighted by atomic mass is 16.2. The van der Waals surface area contributed by atoms with Gasteiger partial charge in [-0.2, -0.15) is 4.98 Å². The summed E-state index contributed by atoms with van der Waals surface area (Å²) >= 11 is 0. The van der Waals surface area contributed by atoms with Gasteiger partial charge in [0.15, 0.2) is 0 Å². The van der Waals surface area contributed by atoms with Crippen molar-refractivity contribution in [2.45, 2.75) is 13.3 Å². The summed E-state index contributed by atoms with van der Waals surface area (Å²) in [5.74, 6) is 1.11. The van der Waals surface area contributed by atoms with Crippen LogP contribution in [0.3, 0.4) is 0 Å². The number of nitrogens with zero attached hydrogens (tertiary/aromatic N) is 3. The van der Waals surface area contributed by atoms with Crippen LogP contribution in [0.5, 0.6) is 0 Å². The van der Waals surface area contributed by atoms with Gasteiger partial charge < -0.3 is 16.0 Å². The van der Waals surface area contributed by atoms with Crippen molar-refractivity contribution < 1.29 is 4.79 Å². The zero-order valence-electron chi connectivity index (χ0n) is 10.1. The van der Waals surface area contributed by atoms with Gasteiger partial charge in [0.05, 0.1) is 5.41 Å². The summed E-state index contributed by atoms with van der Waals surface area (Å²) in [5, 5.41) is 2.71. The Morgan fingerprint density at radius 2 is 2.41 bits per heavy atom. The van der Waals surface area contributed by atoms with Crippen LogP contribution in [0.4, 0.5) is 11.8 Å². The molecule has 1 fully saturated rings. The molecule has 0 bridgehead atoms. The van der Waals surface area contributed by atoms with Crippen LogP contribution in [0.2, 0.25) is 0 Å². The van der Waals surface area contributed by atoms with E-state index < -0.39 is 0 Å². The molecule has 1 aliphatic heterocycles. The van der Waals surface area contributed by atoms with Crippen LogP contribution >= 0.6 is 0 Å². The molecule has 6 nitrogen and oxygen atoms in total. The lowest BCUT2D eigenvalue weighted by molar-refractivity contribution is -0.128. The van der Waals surface area contributed by atoms with Crippen molar-refractivity contribution in [1.82, 2.24) is 15.3 Å². The largest absolute Gasteiger partial charge is 0.368 e. The third-order valence-corrected chi connectivity index (χ3v) is 3.23. The van der Waals surface area contributed by atoms with Gasteiger partial charge in [0, 0.05) is 26.3 Å². The number of nitrogens with two attached hydrogens (primary N) is 1. The molecule has 0 radical (unpaired) electrons. The van der Waals surface area contributed by atoms with Crippen molar-refractivity contribution in [3.05, 3.63) is 12.3 Å². The summed E-state index contributed by atoms with van der Waals surface area (Å²) in [4.78, 5) is 21.9. The molecule has 0 spiro atoms. The number of hydrogen-bond donors (Lipinski definition) is 2. The molecular formula is C11H17N5O. The van der Waals surface area contributed by atoms with Crippen molar-refractivity contribution >= 4 is 17.7 Å². The van der Waals surface area contributed by atoms with Crippen LogP contribution in [0.25, 0.3) is 0 Å². The smallest absolute Gasteiger partial charge is 0.227 e. The van der Waals surface area contributed by atoms with Crippen molar-refractivity contribution in [2.24, 2.45) is 5.41 Å². The first-order valence-electron chi connectivity index (χ1n) is 5.61. The number of aromatic nitrogens is 2. The maximum Gasteiger partial charge on any atom is 0.227 e. The van der Waals surface area contributed by atoms with Crippen molar-refractivity contribution in [3.8, 4) is 0 Å². The van der Waals surface area contributed by atoms with Crippen LogP contribution in [0.1, 0.15) is 13.3 Å². The maximum absolute atomic E-state index is 11.8. The number of nitrogens with one attached hydrogen (secondary N) is 1. The van der Waals surface area contributed by atoms with Gasteiger partial charge in [-0.05, 0) is 19.4 Å². The van der Waals surface area contributed by atoms with Gasteiger partial charge in [0.1, 0.15) is 5.82 Å². The zero-order chi connectivity index (χ0) is 12.5. The van der Waals surface area contributed by atoms with Crippen LogP contribution in [0.15, 0.2) is 12.3 Å². The standard InChI is InChI=1S/C11H17N5O/c1-11(9(17)13-2)4-6-16(7-11)8-3-5-14-10(12)15-8/h3,5H,4,6-7H2,1-2H3,(H,13,17)(H2,12,14,15). The van der Waals surface area contributed by atoms with E-state index in [4.69, 9.17) is 5.73 Å².